The van der Waals surface area contributed by atoms with Gasteiger partial charge in [0.25, 0.3) is 11.5 Å². The fourth-order valence-corrected chi connectivity index (χ4v) is 5.52. The van der Waals surface area contributed by atoms with Crippen molar-refractivity contribution in [3.8, 4) is 0 Å². The van der Waals surface area contributed by atoms with Crippen molar-refractivity contribution in [3.05, 3.63) is 109 Å². The molecule has 1 amide bonds. The van der Waals surface area contributed by atoms with Gasteiger partial charge in [-0.1, -0.05) is 48.0 Å². The van der Waals surface area contributed by atoms with E-state index in [1.807, 2.05) is 0 Å². The molecule has 0 saturated heterocycles. The van der Waals surface area contributed by atoms with Gasteiger partial charge in [-0.05, 0) is 49.2 Å². The highest BCUT2D eigenvalue weighted by Gasteiger charge is 2.30. The van der Waals surface area contributed by atoms with Crippen molar-refractivity contribution in [1.29, 1.82) is 0 Å². The van der Waals surface area contributed by atoms with Crippen LogP contribution in [0.4, 0.5) is 4.39 Å². The number of nitrogens with two attached hydrogens (primary N) is 1. The first-order valence-electron chi connectivity index (χ1n) is 12.1. The number of para-hydroxylation sites is 1. The van der Waals surface area contributed by atoms with Gasteiger partial charge in [-0.3, -0.25) is 9.59 Å². The fraction of sp³-hybridized carbons (Fsp3) is 0.138. The van der Waals surface area contributed by atoms with Crippen LogP contribution in [-0.2, 0) is 5.60 Å². The number of carbonyl (C=O) groups excluding carboxylic acids is 1. The number of allylic oxidation sites excluding steroid dienone is 4. The van der Waals surface area contributed by atoms with Gasteiger partial charge in [-0.15, -0.1) is 0 Å². The fourth-order valence-electron chi connectivity index (χ4n) is 5.30. The van der Waals surface area contributed by atoms with E-state index < -0.39 is 34.6 Å². The summed E-state index contributed by atoms with van der Waals surface area (Å²) >= 11 is 6.20. The average molecular weight is 545 g/mol. The quantitative estimate of drug-likeness (QED) is 0.262. The van der Waals surface area contributed by atoms with E-state index in [2.05, 4.69) is 9.97 Å². The number of aromatic amines is 2. The first-order valence-corrected chi connectivity index (χ1v) is 12.5. The summed E-state index contributed by atoms with van der Waals surface area (Å²) in [6.45, 7) is 3.28. The van der Waals surface area contributed by atoms with Crippen LogP contribution >= 0.6 is 11.6 Å². The number of hydrogen-bond donors (Lipinski definition) is 4. The molecular weight excluding hydrogens is 523 g/mol. The van der Waals surface area contributed by atoms with E-state index in [1.54, 1.807) is 68.5 Å². The number of primary amides is 1. The summed E-state index contributed by atoms with van der Waals surface area (Å²) < 4.78 is 17.0. The Labute approximate surface area is 224 Å². The summed E-state index contributed by atoms with van der Waals surface area (Å²) in [5.41, 5.74) is 5.26. The Kier molecular flexibility index (Phi) is 5.43. The molecule has 0 bridgehead atoms. The summed E-state index contributed by atoms with van der Waals surface area (Å²) in [5, 5.41) is 11.9. The predicted octanol–water partition coefficient (Wildman–Crippen LogP) is 4.64. The Balaban J connectivity index is 1.65. The van der Waals surface area contributed by atoms with Crippen molar-refractivity contribution in [2.24, 2.45) is 5.73 Å². The molecule has 10 heteroatoms. The minimum absolute atomic E-state index is 0.0503. The van der Waals surface area contributed by atoms with Gasteiger partial charge in [0.05, 0.1) is 38.6 Å². The molecule has 2 heterocycles. The Hall–Kier alpha value is -4.47. The summed E-state index contributed by atoms with van der Waals surface area (Å²) in [6.07, 6.45) is 4.89. The maximum Gasteiger partial charge on any atom is 0.329 e. The highest BCUT2D eigenvalue weighted by atomic mass is 35.5. The maximum atomic E-state index is 15.9. The number of aliphatic hydroxyl groups is 1. The molecule has 0 radical (unpaired) electrons. The Bertz CT molecular complexity index is 2060. The normalized spacial score (nSPS) is 15.5. The van der Waals surface area contributed by atoms with Crippen molar-refractivity contribution in [2.75, 3.05) is 0 Å². The van der Waals surface area contributed by atoms with Gasteiger partial charge in [0.15, 0.2) is 0 Å². The third kappa shape index (κ3) is 3.73. The zero-order valence-corrected chi connectivity index (χ0v) is 21.6. The molecule has 5 N–H and O–H groups in total. The highest BCUT2D eigenvalue weighted by molar-refractivity contribution is 6.35. The van der Waals surface area contributed by atoms with Crippen LogP contribution in [0.25, 0.3) is 38.3 Å². The number of carbonyl (C=O) groups is 1. The molecule has 2 aromatic heterocycles. The smallest absolute Gasteiger partial charge is 0.329 e. The van der Waals surface area contributed by atoms with E-state index in [0.29, 0.717) is 32.9 Å². The lowest BCUT2D eigenvalue weighted by Crippen LogP contribution is -2.37. The van der Waals surface area contributed by atoms with Gasteiger partial charge in [0.2, 0.25) is 0 Å². The molecular formula is C29H22ClFN4O4. The van der Waals surface area contributed by atoms with E-state index in [0.717, 1.165) is 10.6 Å². The molecule has 8 nitrogen and oxygen atoms in total. The average Bonchev–Trinajstić information content (AvgIpc) is 3.48. The number of hydrogen-bond acceptors (Lipinski definition) is 4. The molecule has 0 saturated carbocycles. The number of fused-ring (bicyclic) bond motifs is 4. The second kappa shape index (κ2) is 8.52. The van der Waals surface area contributed by atoms with Crippen molar-refractivity contribution in [3.63, 3.8) is 0 Å². The van der Waals surface area contributed by atoms with Crippen LogP contribution < -0.4 is 17.0 Å². The zero-order chi connectivity index (χ0) is 27.8. The lowest BCUT2D eigenvalue weighted by Gasteiger charge is -2.19. The monoisotopic (exact) mass is 544 g/mol. The van der Waals surface area contributed by atoms with Gasteiger partial charge in [0.1, 0.15) is 5.82 Å². The summed E-state index contributed by atoms with van der Waals surface area (Å²) in [5.74, 6) is -1.56. The van der Waals surface area contributed by atoms with Crippen molar-refractivity contribution < 1.29 is 14.3 Å². The molecule has 1 aliphatic rings. The molecule has 0 aliphatic heterocycles. The molecule has 1 atom stereocenters. The summed E-state index contributed by atoms with van der Waals surface area (Å²) in [4.78, 5) is 44.8. The third-order valence-electron chi connectivity index (χ3n) is 7.17. The Morgan fingerprint density at radius 2 is 1.87 bits per heavy atom. The maximum absolute atomic E-state index is 15.9. The van der Waals surface area contributed by atoms with E-state index >= 15 is 4.39 Å². The number of rotatable bonds is 4. The molecule has 39 heavy (non-hydrogen) atoms. The van der Waals surface area contributed by atoms with Crippen molar-refractivity contribution >= 4 is 55.8 Å². The number of nitrogens with one attached hydrogen (secondary N) is 2. The molecule has 6 rings (SSSR count). The van der Waals surface area contributed by atoms with Crippen LogP contribution in [0.3, 0.4) is 0 Å². The first kappa shape index (κ1) is 24.8. The number of halogens is 2. The minimum atomic E-state index is -1.14. The van der Waals surface area contributed by atoms with Crippen LogP contribution in [-0.4, -0.2) is 25.5 Å². The van der Waals surface area contributed by atoms with Gasteiger partial charge in [-0.2, -0.15) is 0 Å². The third-order valence-corrected chi connectivity index (χ3v) is 7.48. The SMILES string of the molecule is CC(C)(O)c1ccc2c(c1)[nH]c1c(C(N)=O)cc(F)c(C3=CC=CC3n3c(=O)[nH]c4c(Cl)cccc4c3=O)c12. The van der Waals surface area contributed by atoms with E-state index in [1.165, 1.54) is 0 Å². The molecule has 1 aliphatic carbocycles. The number of nitrogens with zero attached hydrogens (tertiary/aromatic N) is 1. The second-order valence-corrected chi connectivity index (χ2v) is 10.5. The number of benzene rings is 3. The molecule has 1 unspecified atom stereocenters. The van der Waals surface area contributed by atoms with E-state index in [-0.39, 0.29) is 27.1 Å². The minimum Gasteiger partial charge on any atom is -0.386 e. The lowest BCUT2D eigenvalue weighted by atomic mass is 9.92. The lowest BCUT2D eigenvalue weighted by molar-refractivity contribution is 0.0787. The number of H-pyrrole nitrogens is 2. The first-order chi connectivity index (χ1) is 18.5. The van der Waals surface area contributed by atoms with Gasteiger partial charge in [-0.25, -0.2) is 13.8 Å². The number of amides is 1. The van der Waals surface area contributed by atoms with Crippen molar-refractivity contribution in [2.45, 2.75) is 25.5 Å². The van der Waals surface area contributed by atoms with Gasteiger partial charge < -0.3 is 20.8 Å². The number of aromatic nitrogens is 3. The molecule has 3 aromatic carbocycles. The van der Waals surface area contributed by atoms with Crippen LogP contribution in [0.2, 0.25) is 5.02 Å². The molecule has 5 aromatic rings. The van der Waals surface area contributed by atoms with Crippen LogP contribution in [0.5, 0.6) is 0 Å². The highest BCUT2D eigenvalue weighted by Crippen LogP contribution is 2.42. The topological polar surface area (TPSA) is 134 Å². The Morgan fingerprint density at radius 1 is 1.10 bits per heavy atom. The molecule has 0 fully saturated rings. The standard InChI is InChI=1S/C29H22ClFN4O4/c1-29(2,39)13-9-10-14-20(11-13)33-25-17(26(32)36)12-19(31)22(23(14)25)15-5-4-8-21(15)35-27(37)16-6-3-7-18(30)24(16)34-28(35)38/h3-12,21,33,39H,1-2H3,(H2,32,36)(H,34,38). The summed E-state index contributed by atoms with van der Waals surface area (Å²) in [6, 6.07) is 10.0. The molecule has 0 spiro atoms. The van der Waals surface area contributed by atoms with Crippen LogP contribution in [0.1, 0.15) is 41.4 Å². The van der Waals surface area contributed by atoms with Gasteiger partial charge >= 0.3 is 5.69 Å². The van der Waals surface area contributed by atoms with Crippen LogP contribution in [0.15, 0.2) is 70.3 Å². The van der Waals surface area contributed by atoms with E-state index in [4.69, 9.17) is 17.3 Å². The molecule has 196 valence electrons. The van der Waals surface area contributed by atoms with Crippen LogP contribution in [0, 0.1) is 5.82 Å². The zero-order valence-electron chi connectivity index (χ0n) is 20.8. The van der Waals surface area contributed by atoms with Crippen molar-refractivity contribution in [1.82, 2.24) is 14.5 Å². The van der Waals surface area contributed by atoms with E-state index in [9.17, 15) is 19.5 Å². The largest absolute Gasteiger partial charge is 0.386 e. The predicted molar refractivity (Wildman–Crippen MR) is 150 cm³/mol. The Morgan fingerprint density at radius 3 is 2.59 bits per heavy atom. The second-order valence-electron chi connectivity index (χ2n) is 10.1. The van der Waals surface area contributed by atoms with Gasteiger partial charge in [0, 0.05) is 21.9 Å². The summed E-state index contributed by atoms with van der Waals surface area (Å²) in [7, 11) is 0.